The predicted octanol–water partition coefficient (Wildman–Crippen LogP) is 1.57. The highest BCUT2D eigenvalue weighted by Gasteiger charge is 2.07. The molecule has 0 amide bonds. The molecule has 0 aliphatic heterocycles. The van der Waals surface area contributed by atoms with Crippen LogP contribution in [0.3, 0.4) is 0 Å². The maximum atomic E-state index is 4.92. The normalized spacial score (nSPS) is 10.8. The average molecular weight is 139 g/mol. The van der Waals surface area contributed by atoms with Gasteiger partial charge in [-0.1, -0.05) is 19.0 Å². The molecule has 0 aromatic carbocycles. The zero-order chi connectivity index (χ0) is 7.56. The fraction of sp³-hybridized carbons (Fsp3) is 0.571. The molecule has 0 N–H and O–H groups in total. The molecule has 0 atom stereocenters. The van der Waals surface area contributed by atoms with E-state index in [1.54, 1.807) is 0 Å². The van der Waals surface area contributed by atoms with Crippen molar-refractivity contribution in [3.8, 4) is 0 Å². The molecule has 0 aliphatic carbocycles. The summed E-state index contributed by atoms with van der Waals surface area (Å²) in [6.07, 6.45) is 0.593. The van der Waals surface area contributed by atoms with E-state index in [0.717, 1.165) is 0 Å². The molecule has 0 spiro atoms. The van der Waals surface area contributed by atoms with Crippen molar-refractivity contribution in [1.82, 2.24) is 10.1 Å². The van der Waals surface area contributed by atoms with Gasteiger partial charge >= 0.3 is 0 Å². The Kier molecular flexibility index (Phi) is 2.04. The van der Waals surface area contributed by atoms with Crippen LogP contribution in [0.5, 0.6) is 0 Å². The molecule has 1 radical (unpaired) electrons. The first-order valence-corrected chi connectivity index (χ1v) is 3.35. The average Bonchev–Trinajstić information content (AvgIpc) is 2.34. The SMILES string of the molecule is [CH2]Cc1noc(C(C)C)n1. The van der Waals surface area contributed by atoms with Crippen LogP contribution < -0.4 is 0 Å². The van der Waals surface area contributed by atoms with E-state index in [-0.39, 0.29) is 0 Å². The van der Waals surface area contributed by atoms with E-state index >= 15 is 0 Å². The van der Waals surface area contributed by atoms with Crippen molar-refractivity contribution in [3.05, 3.63) is 18.6 Å². The van der Waals surface area contributed by atoms with Crippen LogP contribution in [-0.4, -0.2) is 10.1 Å². The van der Waals surface area contributed by atoms with Gasteiger partial charge < -0.3 is 4.52 Å². The molecule has 1 rings (SSSR count). The Morgan fingerprint density at radius 2 is 2.30 bits per heavy atom. The minimum atomic E-state index is 0.313. The third-order valence-corrected chi connectivity index (χ3v) is 1.20. The van der Waals surface area contributed by atoms with Crippen LogP contribution in [0.1, 0.15) is 31.5 Å². The van der Waals surface area contributed by atoms with Gasteiger partial charge in [0.1, 0.15) is 0 Å². The third-order valence-electron chi connectivity index (χ3n) is 1.20. The lowest BCUT2D eigenvalue weighted by Gasteiger charge is -1.91. The molecule has 1 aromatic rings. The van der Waals surface area contributed by atoms with E-state index in [1.807, 2.05) is 13.8 Å². The highest BCUT2D eigenvalue weighted by Crippen LogP contribution is 2.10. The summed E-state index contributed by atoms with van der Waals surface area (Å²) in [6.45, 7) is 7.67. The monoisotopic (exact) mass is 139 g/mol. The van der Waals surface area contributed by atoms with Crippen molar-refractivity contribution < 1.29 is 4.52 Å². The second-order valence-electron chi connectivity index (χ2n) is 2.45. The van der Waals surface area contributed by atoms with Crippen molar-refractivity contribution in [3.63, 3.8) is 0 Å². The first kappa shape index (κ1) is 7.25. The minimum absolute atomic E-state index is 0.313. The summed E-state index contributed by atoms with van der Waals surface area (Å²) in [6, 6.07) is 0. The van der Waals surface area contributed by atoms with E-state index in [0.29, 0.717) is 24.1 Å². The minimum Gasteiger partial charge on any atom is -0.339 e. The van der Waals surface area contributed by atoms with Gasteiger partial charge in [0.25, 0.3) is 0 Å². The number of nitrogens with zero attached hydrogens (tertiary/aromatic N) is 2. The Bertz CT molecular complexity index is 205. The van der Waals surface area contributed by atoms with Crippen LogP contribution in [0.2, 0.25) is 0 Å². The fourth-order valence-electron chi connectivity index (χ4n) is 0.604. The molecule has 1 aromatic heterocycles. The van der Waals surface area contributed by atoms with E-state index in [1.165, 1.54) is 0 Å². The molecule has 0 bridgehead atoms. The van der Waals surface area contributed by atoms with Gasteiger partial charge in [0.2, 0.25) is 5.89 Å². The first-order chi connectivity index (χ1) is 4.74. The molecule has 0 aliphatic rings. The summed E-state index contributed by atoms with van der Waals surface area (Å²) >= 11 is 0. The molecular formula is C7H11N2O. The van der Waals surface area contributed by atoms with E-state index in [2.05, 4.69) is 17.1 Å². The summed E-state index contributed by atoms with van der Waals surface area (Å²) in [4.78, 5) is 4.09. The van der Waals surface area contributed by atoms with E-state index < -0.39 is 0 Å². The van der Waals surface area contributed by atoms with Crippen molar-refractivity contribution in [1.29, 1.82) is 0 Å². The van der Waals surface area contributed by atoms with Gasteiger partial charge in [0.05, 0.1) is 0 Å². The lowest BCUT2D eigenvalue weighted by Crippen LogP contribution is -1.87. The largest absolute Gasteiger partial charge is 0.339 e. The molecule has 0 saturated heterocycles. The molecule has 3 nitrogen and oxygen atoms in total. The second kappa shape index (κ2) is 2.82. The summed E-state index contributed by atoms with van der Waals surface area (Å²) in [5, 5.41) is 3.71. The molecule has 0 fully saturated rings. The third kappa shape index (κ3) is 1.35. The highest BCUT2D eigenvalue weighted by atomic mass is 16.5. The van der Waals surface area contributed by atoms with Crippen LogP contribution in [0.15, 0.2) is 4.52 Å². The lowest BCUT2D eigenvalue weighted by atomic mass is 10.2. The molecule has 10 heavy (non-hydrogen) atoms. The second-order valence-corrected chi connectivity index (χ2v) is 2.45. The molecule has 3 heteroatoms. The number of hydrogen-bond donors (Lipinski definition) is 0. The standard InChI is InChI=1S/C7H11N2O/c1-4-6-8-7(5(2)3)10-9-6/h5H,1,4H2,2-3H3. The number of aromatic nitrogens is 2. The van der Waals surface area contributed by atoms with Crippen molar-refractivity contribution in [2.45, 2.75) is 26.2 Å². The van der Waals surface area contributed by atoms with Gasteiger partial charge in [-0.3, -0.25) is 0 Å². The maximum Gasteiger partial charge on any atom is 0.229 e. The molecule has 0 unspecified atom stereocenters. The molecular weight excluding hydrogens is 128 g/mol. The van der Waals surface area contributed by atoms with Crippen LogP contribution in [0, 0.1) is 6.92 Å². The Morgan fingerprint density at radius 3 is 2.60 bits per heavy atom. The highest BCUT2D eigenvalue weighted by molar-refractivity contribution is 4.90. The Balaban J connectivity index is 2.78. The number of rotatable bonds is 2. The van der Waals surface area contributed by atoms with Gasteiger partial charge in [-0.2, -0.15) is 4.98 Å². The van der Waals surface area contributed by atoms with Gasteiger partial charge in [-0.15, -0.1) is 0 Å². The van der Waals surface area contributed by atoms with Crippen molar-refractivity contribution in [2.24, 2.45) is 0 Å². The zero-order valence-electron chi connectivity index (χ0n) is 6.29. The van der Waals surface area contributed by atoms with E-state index in [4.69, 9.17) is 4.52 Å². The summed E-state index contributed by atoms with van der Waals surface area (Å²) < 4.78 is 4.92. The van der Waals surface area contributed by atoms with Crippen molar-refractivity contribution >= 4 is 0 Å². The van der Waals surface area contributed by atoms with Crippen LogP contribution in [0.4, 0.5) is 0 Å². The van der Waals surface area contributed by atoms with Crippen LogP contribution in [0.25, 0.3) is 0 Å². The molecule has 0 saturated carbocycles. The van der Waals surface area contributed by atoms with Crippen LogP contribution >= 0.6 is 0 Å². The van der Waals surface area contributed by atoms with Gasteiger partial charge in [0.15, 0.2) is 5.82 Å². The van der Waals surface area contributed by atoms with Crippen LogP contribution in [-0.2, 0) is 6.42 Å². The topological polar surface area (TPSA) is 38.9 Å². The van der Waals surface area contributed by atoms with Gasteiger partial charge in [0, 0.05) is 12.3 Å². The summed E-state index contributed by atoms with van der Waals surface area (Å²) in [7, 11) is 0. The summed E-state index contributed by atoms with van der Waals surface area (Å²) in [5.41, 5.74) is 0. The Hall–Kier alpha value is -0.860. The van der Waals surface area contributed by atoms with Gasteiger partial charge in [-0.05, 0) is 6.92 Å². The fourth-order valence-corrected chi connectivity index (χ4v) is 0.604. The lowest BCUT2D eigenvalue weighted by molar-refractivity contribution is 0.361. The Morgan fingerprint density at radius 1 is 1.60 bits per heavy atom. The Labute approximate surface area is 60.4 Å². The number of hydrogen-bond acceptors (Lipinski definition) is 3. The smallest absolute Gasteiger partial charge is 0.229 e. The van der Waals surface area contributed by atoms with Gasteiger partial charge in [-0.25, -0.2) is 0 Å². The first-order valence-electron chi connectivity index (χ1n) is 3.35. The van der Waals surface area contributed by atoms with E-state index in [9.17, 15) is 0 Å². The predicted molar refractivity (Wildman–Crippen MR) is 37.4 cm³/mol. The molecule has 1 heterocycles. The molecule has 55 valence electrons. The quantitative estimate of drug-likeness (QED) is 0.624. The maximum absolute atomic E-state index is 4.92. The zero-order valence-corrected chi connectivity index (χ0v) is 6.29. The van der Waals surface area contributed by atoms with Crippen molar-refractivity contribution in [2.75, 3.05) is 0 Å². The summed E-state index contributed by atoms with van der Waals surface area (Å²) in [5.74, 6) is 1.69.